The van der Waals surface area contributed by atoms with Gasteiger partial charge in [0.15, 0.2) is 0 Å². The predicted octanol–water partition coefficient (Wildman–Crippen LogP) is 3.79. The van der Waals surface area contributed by atoms with Crippen LogP contribution in [0.1, 0.15) is 44.0 Å². The Hall–Kier alpha value is -1.28. The zero-order chi connectivity index (χ0) is 12.5. The van der Waals surface area contributed by atoms with Gasteiger partial charge in [0.1, 0.15) is 0 Å². The topological polar surface area (TPSA) is 27.8 Å². The predicted molar refractivity (Wildman–Crippen MR) is 76.8 cm³/mol. The number of hydrogen-bond acceptors (Lipinski definition) is 1. The standard InChI is InChI=1S/C16H22N2/c1-11(2)10-17-15-9-5-7-13-12-6-3-4-8-14(12)18-16(13)15/h3-4,6,8,11,15,17-18H,5,7,9-10H2,1-2H3. The molecule has 1 aromatic carbocycles. The van der Waals surface area contributed by atoms with E-state index < -0.39 is 0 Å². The number of aromatic nitrogens is 1. The second kappa shape index (κ2) is 4.77. The molecule has 1 aromatic heterocycles. The van der Waals surface area contributed by atoms with Gasteiger partial charge in [-0.05, 0) is 43.4 Å². The number of para-hydroxylation sites is 1. The summed E-state index contributed by atoms with van der Waals surface area (Å²) in [6, 6.07) is 9.20. The van der Waals surface area contributed by atoms with Gasteiger partial charge in [-0.3, -0.25) is 0 Å². The van der Waals surface area contributed by atoms with E-state index in [-0.39, 0.29) is 0 Å². The summed E-state index contributed by atoms with van der Waals surface area (Å²) in [5, 5.41) is 5.13. The first-order chi connectivity index (χ1) is 8.75. The van der Waals surface area contributed by atoms with Crippen molar-refractivity contribution < 1.29 is 0 Å². The van der Waals surface area contributed by atoms with Crippen LogP contribution in [-0.4, -0.2) is 11.5 Å². The monoisotopic (exact) mass is 242 g/mol. The van der Waals surface area contributed by atoms with Crippen molar-refractivity contribution in [1.29, 1.82) is 0 Å². The van der Waals surface area contributed by atoms with E-state index in [0.29, 0.717) is 12.0 Å². The van der Waals surface area contributed by atoms with E-state index in [4.69, 9.17) is 0 Å². The van der Waals surface area contributed by atoms with Crippen molar-refractivity contribution in [2.75, 3.05) is 6.54 Å². The second-order valence-corrected chi connectivity index (χ2v) is 5.81. The summed E-state index contributed by atoms with van der Waals surface area (Å²) >= 11 is 0. The first-order valence-corrected chi connectivity index (χ1v) is 7.08. The number of nitrogens with one attached hydrogen (secondary N) is 2. The molecule has 0 aliphatic heterocycles. The van der Waals surface area contributed by atoms with E-state index in [2.05, 4.69) is 48.4 Å². The van der Waals surface area contributed by atoms with E-state index in [1.54, 1.807) is 0 Å². The Bertz CT molecular complexity index is 539. The highest BCUT2D eigenvalue weighted by Gasteiger charge is 2.23. The third-order valence-corrected chi connectivity index (χ3v) is 3.89. The third-order valence-electron chi connectivity index (χ3n) is 3.89. The molecule has 1 unspecified atom stereocenters. The summed E-state index contributed by atoms with van der Waals surface area (Å²) in [5.41, 5.74) is 4.27. The van der Waals surface area contributed by atoms with E-state index in [1.807, 2.05) is 0 Å². The molecule has 0 bridgehead atoms. The number of aromatic amines is 1. The SMILES string of the molecule is CC(C)CNC1CCCc2c1[nH]c1ccccc21. The first kappa shape index (κ1) is 11.8. The van der Waals surface area contributed by atoms with Crippen molar-refractivity contribution >= 4 is 10.9 Å². The molecule has 2 aromatic rings. The highest BCUT2D eigenvalue weighted by atomic mass is 14.9. The van der Waals surface area contributed by atoms with Crippen LogP contribution in [0.15, 0.2) is 24.3 Å². The molecular formula is C16H22N2. The Morgan fingerprint density at radius 1 is 1.33 bits per heavy atom. The Balaban J connectivity index is 1.95. The molecule has 0 amide bonds. The minimum absolute atomic E-state index is 0.517. The van der Waals surface area contributed by atoms with E-state index in [0.717, 1.165) is 6.54 Å². The average Bonchev–Trinajstić information content (AvgIpc) is 2.75. The fourth-order valence-electron chi connectivity index (χ4n) is 3.00. The molecule has 1 aliphatic rings. The number of hydrogen-bond donors (Lipinski definition) is 2. The highest BCUT2D eigenvalue weighted by Crippen LogP contribution is 2.34. The van der Waals surface area contributed by atoms with Gasteiger partial charge in [0.05, 0.1) is 0 Å². The lowest BCUT2D eigenvalue weighted by molar-refractivity contribution is 0.421. The fourth-order valence-corrected chi connectivity index (χ4v) is 3.00. The van der Waals surface area contributed by atoms with Gasteiger partial charge in [-0.2, -0.15) is 0 Å². The van der Waals surface area contributed by atoms with E-state index in [1.165, 1.54) is 41.4 Å². The molecule has 0 fully saturated rings. The largest absolute Gasteiger partial charge is 0.357 e. The van der Waals surface area contributed by atoms with Gasteiger partial charge in [0.25, 0.3) is 0 Å². The van der Waals surface area contributed by atoms with Gasteiger partial charge in [-0.25, -0.2) is 0 Å². The molecule has 3 rings (SSSR count). The van der Waals surface area contributed by atoms with Gasteiger partial charge in [0, 0.05) is 22.6 Å². The molecule has 2 heteroatoms. The zero-order valence-corrected chi connectivity index (χ0v) is 11.3. The minimum atomic E-state index is 0.517. The lowest BCUT2D eigenvalue weighted by atomic mass is 9.91. The number of rotatable bonds is 3. The number of aryl methyl sites for hydroxylation is 1. The van der Waals surface area contributed by atoms with E-state index in [9.17, 15) is 0 Å². The summed E-state index contributed by atoms with van der Waals surface area (Å²) in [7, 11) is 0. The second-order valence-electron chi connectivity index (χ2n) is 5.81. The normalized spacial score (nSPS) is 19.4. The summed E-state index contributed by atoms with van der Waals surface area (Å²) in [4.78, 5) is 3.63. The Morgan fingerprint density at radius 3 is 3.00 bits per heavy atom. The lowest BCUT2D eigenvalue weighted by Crippen LogP contribution is -2.28. The maximum atomic E-state index is 3.71. The molecule has 0 saturated carbocycles. The van der Waals surface area contributed by atoms with Crippen LogP contribution < -0.4 is 5.32 Å². The van der Waals surface area contributed by atoms with Crippen molar-refractivity contribution in [2.24, 2.45) is 5.92 Å². The maximum Gasteiger partial charge on any atom is 0.0476 e. The van der Waals surface area contributed by atoms with Crippen LogP contribution in [-0.2, 0) is 6.42 Å². The zero-order valence-electron chi connectivity index (χ0n) is 11.3. The van der Waals surface area contributed by atoms with Gasteiger partial charge in [-0.1, -0.05) is 32.0 Å². The summed E-state index contributed by atoms with van der Waals surface area (Å²) in [5.74, 6) is 0.708. The highest BCUT2D eigenvalue weighted by molar-refractivity contribution is 5.85. The van der Waals surface area contributed by atoms with Crippen LogP contribution in [0.2, 0.25) is 0 Å². The van der Waals surface area contributed by atoms with E-state index >= 15 is 0 Å². The van der Waals surface area contributed by atoms with Crippen molar-refractivity contribution in [3.8, 4) is 0 Å². The van der Waals surface area contributed by atoms with Gasteiger partial charge >= 0.3 is 0 Å². The first-order valence-electron chi connectivity index (χ1n) is 7.08. The van der Waals surface area contributed by atoms with Crippen molar-refractivity contribution in [2.45, 2.75) is 39.2 Å². The molecule has 1 aliphatic carbocycles. The molecular weight excluding hydrogens is 220 g/mol. The number of fused-ring (bicyclic) bond motifs is 3. The minimum Gasteiger partial charge on any atom is -0.357 e. The summed E-state index contributed by atoms with van der Waals surface area (Å²) in [6.07, 6.45) is 3.77. The molecule has 18 heavy (non-hydrogen) atoms. The van der Waals surface area contributed by atoms with Crippen molar-refractivity contribution in [1.82, 2.24) is 10.3 Å². The molecule has 0 saturated heterocycles. The third kappa shape index (κ3) is 2.05. The van der Waals surface area contributed by atoms with Gasteiger partial charge in [0.2, 0.25) is 0 Å². The molecule has 0 spiro atoms. The number of H-pyrrole nitrogens is 1. The van der Waals surface area contributed by atoms with Gasteiger partial charge in [-0.15, -0.1) is 0 Å². The smallest absolute Gasteiger partial charge is 0.0476 e. The molecule has 0 radical (unpaired) electrons. The van der Waals surface area contributed by atoms with Gasteiger partial charge < -0.3 is 10.3 Å². The molecule has 1 heterocycles. The lowest BCUT2D eigenvalue weighted by Gasteiger charge is -2.24. The Morgan fingerprint density at radius 2 is 2.17 bits per heavy atom. The number of benzene rings is 1. The van der Waals surface area contributed by atoms with Crippen LogP contribution in [0.4, 0.5) is 0 Å². The van der Waals surface area contributed by atoms with Crippen LogP contribution in [0.3, 0.4) is 0 Å². The van der Waals surface area contributed by atoms with Crippen LogP contribution in [0.5, 0.6) is 0 Å². The van der Waals surface area contributed by atoms with Crippen molar-refractivity contribution in [3.05, 3.63) is 35.5 Å². The quantitative estimate of drug-likeness (QED) is 0.842. The van der Waals surface area contributed by atoms with Crippen molar-refractivity contribution in [3.63, 3.8) is 0 Å². The van der Waals surface area contributed by atoms with Crippen LogP contribution in [0, 0.1) is 5.92 Å². The molecule has 1 atom stereocenters. The Kier molecular flexibility index (Phi) is 3.13. The van der Waals surface area contributed by atoms with Crippen LogP contribution in [0.25, 0.3) is 10.9 Å². The average molecular weight is 242 g/mol. The summed E-state index contributed by atoms with van der Waals surface area (Å²) in [6.45, 7) is 5.63. The molecule has 2 nitrogen and oxygen atoms in total. The maximum absolute atomic E-state index is 3.71. The summed E-state index contributed by atoms with van der Waals surface area (Å²) < 4.78 is 0. The Labute approximate surface area is 109 Å². The van der Waals surface area contributed by atoms with Crippen LogP contribution >= 0.6 is 0 Å². The molecule has 2 N–H and O–H groups in total. The fraction of sp³-hybridized carbons (Fsp3) is 0.500. The molecule has 96 valence electrons.